The molecule has 3 amide bonds. The minimum atomic E-state index is -0.961. The SMILES string of the molecule is C[C@@H](Sc1ccc(F)c(F)c1)C(=O)NC(=O)NC1CCCCC1. The summed E-state index contributed by atoms with van der Waals surface area (Å²) in [5.41, 5.74) is 0. The summed E-state index contributed by atoms with van der Waals surface area (Å²) >= 11 is 1.06. The van der Waals surface area contributed by atoms with Crippen molar-refractivity contribution in [3.63, 3.8) is 0 Å². The molecule has 1 saturated carbocycles. The number of thioether (sulfide) groups is 1. The summed E-state index contributed by atoms with van der Waals surface area (Å²) in [6, 6.07) is 3.06. The molecule has 1 atom stereocenters. The Balaban J connectivity index is 1.81. The van der Waals surface area contributed by atoms with E-state index in [1.54, 1.807) is 6.92 Å². The number of nitrogens with one attached hydrogen (secondary N) is 2. The van der Waals surface area contributed by atoms with Gasteiger partial charge in [0.15, 0.2) is 11.6 Å². The molecule has 1 aromatic carbocycles. The molecule has 7 heteroatoms. The van der Waals surface area contributed by atoms with Crippen molar-refractivity contribution in [2.24, 2.45) is 0 Å². The Morgan fingerprint density at radius 2 is 1.87 bits per heavy atom. The monoisotopic (exact) mass is 342 g/mol. The van der Waals surface area contributed by atoms with E-state index in [2.05, 4.69) is 10.6 Å². The maximum Gasteiger partial charge on any atom is 0.321 e. The van der Waals surface area contributed by atoms with Crippen LogP contribution in [0, 0.1) is 11.6 Å². The highest BCUT2D eigenvalue weighted by atomic mass is 32.2. The molecule has 2 rings (SSSR count). The standard InChI is InChI=1S/C16H20F2N2O2S/c1-10(23-12-7-8-13(17)14(18)9-12)15(21)20-16(22)19-11-5-3-2-4-6-11/h7-11H,2-6H2,1H3,(H2,19,20,21,22)/t10-/m1/s1. The van der Waals surface area contributed by atoms with Crippen molar-refractivity contribution in [1.29, 1.82) is 0 Å². The number of hydrogen-bond acceptors (Lipinski definition) is 3. The molecule has 126 valence electrons. The van der Waals surface area contributed by atoms with E-state index < -0.39 is 28.8 Å². The van der Waals surface area contributed by atoms with Crippen molar-refractivity contribution in [3.05, 3.63) is 29.8 Å². The minimum Gasteiger partial charge on any atom is -0.335 e. The Hall–Kier alpha value is -1.63. The third-order valence-corrected chi connectivity index (χ3v) is 4.84. The van der Waals surface area contributed by atoms with Crippen molar-refractivity contribution in [1.82, 2.24) is 10.6 Å². The quantitative estimate of drug-likeness (QED) is 0.822. The van der Waals surface area contributed by atoms with Crippen LogP contribution < -0.4 is 10.6 Å². The maximum atomic E-state index is 13.1. The van der Waals surface area contributed by atoms with Crippen LogP contribution in [0.1, 0.15) is 39.0 Å². The van der Waals surface area contributed by atoms with Gasteiger partial charge in [-0.3, -0.25) is 10.1 Å². The highest BCUT2D eigenvalue weighted by Gasteiger charge is 2.20. The van der Waals surface area contributed by atoms with E-state index in [0.29, 0.717) is 4.90 Å². The molecule has 0 heterocycles. The molecule has 0 bridgehead atoms. The van der Waals surface area contributed by atoms with Gasteiger partial charge in [-0.25, -0.2) is 13.6 Å². The minimum absolute atomic E-state index is 0.116. The molecule has 0 unspecified atom stereocenters. The van der Waals surface area contributed by atoms with Crippen molar-refractivity contribution in [3.8, 4) is 0 Å². The van der Waals surface area contributed by atoms with Crippen LogP contribution in [0.4, 0.5) is 13.6 Å². The molecule has 0 spiro atoms. The lowest BCUT2D eigenvalue weighted by molar-refractivity contribution is -0.119. The third kappa shape index (κ3) is 5.49. The molecular weight excluding hydrogens is 322 g/mol. The zero-order chi connectivity index (χ0) is 16.8. The maximum absolute atomic E-state index is 13.1. The van der Waals surface area contributed by atoms with Gasteiger partial charge in [-0.2, -0.15) is 0 Å². The lowest BCUT2D eigenvalue weighted by Gasteiger charge is -2.23. The number of rotatable bonds is 4. The Labute approximate surface area is 138 Å². The average molecular weight is 342 g/mol. The van der Waals surface area contributed by atoms with Crippen molar-refractivity contribution < 1.29 is 18.4 Å². The van der Waals surface area contributed by atoms with E-state index in [4.69, 9.17) is 0 Å². The first kappa shape index (κ1) is 17.7. The molecule has 1 fully saturated rings. The Bertz CT molecular complexity index is 577. The van der Waals surface area contributed by atoms with Crippen LogP contribution in [0.25, 0.3) is 0 Å². The summed E-state index contributed by atoms with van der Waals surface area (Å²) in [4.78, 5) is 24.2. The average Bonchev–Trinajstić information content (AvgIpc) is 2.51. The molecule has 0 saturated heterocycles. The van der Waals surface area contributed by atoms with Crippen LogP contribution in [-0.2, 0) is 4.79 Å². The van der Waals surface area contributed by atoms with Crippen LogP contribution in [-0.4, -0.2) is 23.2 Å². The highest BCUT2D eigenvalue weighted by Crippen LogP contribution is 2.25. The van der Waals surface area contributed by atoms with E-state index in [-0.39, 0.29) is 6.04 Å². The molecule has 0 radical (unpaired) electrons. The van der Waals surface area contributed by atoms with Gasteiger partial charge in [-0.1, -0.05) is 19.3 Å². The number of benzene rings is 1. The second-order valence-electron chi connectivity index (χ2n) is 5.63. The van der Waals surface area contributed by atoms with Gasteiger partial charge >= 0.3 is 6.03 Å². The lowest BCUT2D eigenvalue weighted by atomic mass is 9.96. The lowest BCUT2D eigenvalue weighted by Crippen LogP contribution is -2.47. The largest absolute Gasteiger partial charge is 0.335 e. The summed E-state index contributed by atoms with van der Waals surface area (Å²) in [5.74, 6) is -2.36. The number of halogens is 2. The second-order valence-corrected chi connectivity index (χ2v) is 7.05. The summed E-state index contributed by atoms with van der Waals surface area (Å²) in [6.45, 7) is 1.61. The van der Waals surface area contributed by atoms with Gasteiger partial charge in [-0.05, 0) is 38.0 Å². The molecule has 1 aliphatic carbocycles. The van der Waals surface area contributed by atoms with Crippen LogP contribution in [0.3, 0.4) is 0 Å². The van der Waals surface area contributed by atoms with E-state index >= 15 is 0 Å². The predicted octanol–water partition coefficient (Wildman–Crippen LogP) is 3.60. The van der Waals surface area contributed by atoms with Gasteiger partial charge in [0, 0.05) is 10.9 Å². The fourth-order valence-electron chi connectivity index (χ4n) is 2.49. The molecular formula is C16H20F2N2O2S. The third-order valence-electron chi connectivity index (χ3n) is 3.75. The van der Waals surface area contributed by atoms with Crippen LogP contribution in [0.5, 0.6) is 0 Å². The summed E-state index contributed by atoms with van der Waals surface area (Å²) in [5, 5.41) is 4.49. The molecule has 1 aliphatic rings. The van der Waals surface area contributed by atoms with Crippen molar-refractivity contribution in [2.75, 3.05) is 0 Å². The molecule has 23 heavy (non-hydrogen) atoms. The van der Waals surface area contributed by atoms with Crippen LogP contribution in [0.15, 0.2) is 23.1 Å². The second kappa shape index (κ2) is 8.29. The van der Waals surface area contributed by atoms with Gasteiger partial charge in [0.2, 0.25) is 5.91 Å². The summed E-state index contributed by atoms with van der Waals surface area (Å²) < 4.78 is 26.0. The van der Waals surface area contributed by atoms with Crippen LogP contribution >= 0.6 is 11.8 Å². The molecule has 4 nitrogen and oxygen atoms in total. The van der Waals surface area contributed by atoms with Gasteiger partial charge in [-0.15, -0.1) is 11.8 Å². The van der Waals surface area contributed by atoms with Crippen molar-refractivity contribution >= 4 is 23.7 Å². The van der Waals surface area contributed by atoms with Gasteiger partial charge in [0.1, 0.15) is 0 Å². The van der Waals surface area contributed by atoms with E-state index in [9.17, 15) is 18.4 Å². The van der Waals surface area contributed by atoms with E-state index in [1.807, 2.05) is 0 Å². The molecule has 0 aliphatic heterocycles. The number of urea groups is 1. The molecule has 1 aromatic rings. The van der Waals surface area contributed by atoms with Crippen molar-refractivity contribution in [2.45, 2.75) is 55.2 Å². The zero-order valence-electron chi connectivity index (χ0n) is 12.9. The van der Waals surface area contributed by atoms with Gasteiger partial charge in [0.05, 0.1) is 5.25 Å². The summed E-state index contributed by atoms with van der Waals surface area (Å²) in [6.07, 6.45) is 5.21. The fourth-order valence-corrected chi connectivity index (χ4v) is 3.38. The topological polar surface area (TPSA) is 58.2 Å². The number of carbonyl (C=O) groups excluding carboxylic acids is 2. The Morgan fingerprint density at radius 3 is 2.52 bits per heavy atom. The van der Waals surface area contributed by atoms with Gasteiger partial charge < -0.3 is 5.32 Å². The predicted molar refractivity (Wildman–Crippen MR) is 85.2 cm³/mol. The fraction of sp³-hybridized carbons (Fsp3) is 0.500. The Morgan fingerprint density at radius 1 is 1.17 bits per heavy atom. The first-order chi connectivity index (χ1) is 11.0. The number of amides is 3. The van der Waals surface area contributed by atoms with Gasteiger partial charge in [0.25, 0.3) is 0 Å². The Kier molecular flexibility index (Phi) is 6.38. The van der Waals surface area contributed by atoms with E-state index in [0.717, 1.165) is 49.6 Å². The molecule has 2 N–H and O–H groups in total. The number of carbonyl (C=O) groups is 2. The number of hydrogen-bond donors (Lipinski definition) is 2. The highest BCUT2D eigenvalue weighted by molar-refractivity contribution is 8.00. The van der Waals surface area contributed by atoms with Crippen LogP contribution in [0.2, 0.25) is 0 Å². The smallest absolute Gasteiger partial charge is 0.321 e. The molecule has 0 aromatic heterocycles. The number of imide groups is 1. The first-order valence-electron chi connectivity index (χ1n) is 7.69. The van der Waals surface area contributed by atoms with E-state index in [1.165, 1.54) is 12.5 Å². The normalized spacial score (nSPS) is 16.7. The first-order valence-corrected chi connectivity index (χ1v) is 8.56. The zero-order valence-corrected chi connectivity index (χ0v) is 13.7. The summed E-state index contributed by atoms with van der Waals surface area (Å²) in [7, 11) is 0.